The van der Waals surface area contributed by atoms with Gasteiger partial charge < -0.3 is 15.0 Å². The standard InChI is InChI=1S/C28H23N5O3S2/c1-32-22-10-6-7-11-23(22)37-27(32)25-26(35)33(17-18-8-4-3-5-9-18)28(38-25)31-21-14-19(15-29)12-13-20(21)30-16-24(34)36-2/h3-14,30H,16-17H2,1-2H3/b27-25-,31-28?. The Labute approximate surface area is 229 Å². The highest BCUT2D eigenvalue weighted by atomic mass is 32.2. The molecule has 0 aromatic heterocycles. The van der Waals surface area contributed by atoms with E-state index in [0.29, 0.717) is 33.6 Å². The van der Waals surface area contributed by atoms with Gasteiger partial charge in [0.25, 0.3) is 5.91 Å². The van der Waals surface area contributed by atoms with E-state index in [9.17, 15) is 14.9 Å². The van der Waals surface area contributed by atoms with Gasteiger partial charge in [-0.3, -0.25) is 14.5 Å². The van der Waals surface area contributed by atoms with Gasteiger partial charge in [0.05, 0.1) is 47.4 Å². The summed E-state index contributed by atoms with van der Waals surface area (Å²) in [5, 5.41) is 13.8. The molecule has 0 spiro atoms. The molecule has 38 heavy (non-hydrogen) atoms. The number of carbonyl (C=O) groups excluding carboxylic acids is 2. The Hall–Kier alpha value is -4.20. The number of fused-ring (bicyclic) bond motifs is 1. The van der Waals surface area contributed by atoms with Crippen LogP contribution in [-0.2, 0) is 20.9 Å². The van der Waals surface area contributed by atoms with Crippen LogP contribution in [0.15, 0.2) is 92.6 Å². The van der Waals surface area contributed by atoms with Gasteiger partial charge in [0.1, 0.15) is 11.4 Å². The number of thioether (sulfide) groups is 2. The quantitative estimate of drug-likeness (QED) is 0.331. The molecule has 0 aliphatic carbocycles. The molecule has 10 heteroatoms. The SMILES string of the molecule is COC(=O)CNc1ccc(C#N)cc1N=C1S/C(=C2\Sc3ccccc3N2C)C(=O)N1Cc1ccccc1. The number of anilines is 2. The minimum absolute atomic E-state index is 0.0605. The van der Waals surface area contributed by atoms with Crippen molar-refractivity contribution in [2.75, 3.05) is 30.9 Å². The zero-order valence-corrected chi connectivity index (χ0v) is 22.3. The van der Waals surface area contributed by atoms with E-state index in [-0.39, 0.29) is 12.5 Å². The van der Waals surface area contributed by atoms with Crippen molar-refractivity contribution in [3.8, 4) is 6.07 Å². The van der Waals surface area contributed by atoms with Gasteiger partial charge in [-0.05, 0) is 47.7 Å². The molecule has 0 atom stereocenters. The van der Waals surface area contributed by atoms with Gasteiger partial charge in [-0.25, -0.2) is 4.99 Å². The van der Waals surface area contributed by atoms with Crippen LogP contribution in [0.5, 0.6) is 0 Å². The summed E-state index contributed by atoms with van der Waals surface area (Å²) in [5.41, 5.74) is 3.42. The van der Waals surface area contributed by atoms with Gasteiger partial charge in [-0.1, -0.05) is 54.2 Å². The molecule has 5 rings (SSSR count). The molecule has 0 unspecified atom stereocenters. The number of nitrogens with one attached hydrogen (secondary N) is 1. The zero-order valence-electron chi connectivity index (χ0n) is 20.7. The Morgan fingerprint density at radius 3 is 2.58 bits per heavy atom. The number of amides is 1. The summed E-state index contributed by atoms with van der Waals surface area (Å²) in [6, 6.07) is 24.9. The summed E-state index contributed by atoms with van der Waals surface area (Å²) in [4.78, 5) is 35.8. The van der Waals surface area contributed by atoms with Crippen molar-refractivity contribution in [3.05, 3.63) is 93.9 Å². The molecule has 0 radical (unpaired) electrons. The van der Waals surface area contributed by atoms with E-state index in [1.807, 2.05) is 66.5 Å². The third kappa shape index (κ3) is 5.11. The van der Waals surface area contributed by atoms with Crippen molar-refractivity contribution < 1.29 is 14.3 Å². The maximum Gasteiger partial charge on any atom is 0.325 e. The van der Waals surface area contributed by atoms with Crippen LogP contribution in [-0.4, -0.2) is 42.6 Å². The molecule has 190 valence electrons. The largest absolute Gasteiger partial charge is 0.468 e. The summed E-state index contributed by atoms with van der Waals surface area (Å²) in [6.07, 6.45) is 0. The highest BCUT2D eigenvalue weighted by molar-refractivity contribution is 8.19. The fraction of sp³-hybridized carbons (Fsp3) is 0.143. The number of amidine groups is 1. The lowest BCUT2D eigenvalue weighted by Gasteiger charge is -2.17. The summed E-state index contributed by atoms with van der Waals surface area (Å²) in [7, 11) is 3.27. The van der Waals surface area contributed by atoms with Crippen LogP contribution in [0.4, 0.5) is 17.1 Å². The first-order valence-electron chi connectivity index (χ1n) is 11.7. The van der Waals surface area contributed by atoms with Crippen LogP contribution in [0.3, 0.4) is 0 Å². The predicted molar refractivity (Wildman–Crippen MR) is 151 cm³/mol. The molecule has 8 nitrogen and oxygen atoms in total. The predicted octanol–water partition coefficient (Wildman–Crippen LogP) is 5.32. The lowest BCUT2D eigenvalue weighted by atomic mass is 10.2. The van der Waals surface area contributed by atoms with Crippen LogP contribution < -0.4 is 10.2 Å². The van der Waals surface area contributed by atoms with E-state index in [1.54, 1.807) is 34.9 Å². The Kier molecular flexibility index (Phi) is 7.40. The third-order valence-corrected chi connectivity index (χ3v) is 8.41. The van der Waals surface area contributed by atoms with Gasteiger partial charge in [-0.15, -0.1) is 0 Å². The van der Waals surface area contributed by atoms with Crippen molar-refractivity contribution >= 4 is 57.6 Å². The number of benzene rings is 3. The van der Waals surface area contributed by atoms with Gasteiger partial charge in [-0.2, -0.15) is 5.26 Å². The van der Waals surface area contributed by atoms with E-state index >= 15 is 0 Å². The van der Waals surface area contributed by atoms with Gasteiger partial charge in [0.2, 0.25) is 0 Å². The number of hydrogen-bond acceptors (Lipinski definition) is 9. The monoisotopic (exact) mass is 541 g/mol. The van der Waals surface area contributed by atoms with Crippen molar-refractivity contribution in [1.29, 1.82) is 5.26 Å². The number of aliphatic imine (C=N–C) groups is 1. The van der Waals surface area contributed by atoms with E-state index in [1.165, 1.54) is 18.9 Å². The van der Waals surface area contributed by atoms with Crippen molar-refractivity contribution in [1.82, 2.24) is 4.90 Å². The molecule has 3 aromatic rings. The van der Waals surface area contributed by atoms with E-state index in [0.717, 1.165) is 21.2 Å². The average molecular weight is 542 g/mol. The number of esters is 1. The highest BCUT2D eigenvalue weighted by Crippen LogP contribution is 2.50. The Morgan fingerprint density at radius 2 is 1.84 bits per heavy atom. The van der Waals surface area contributed by atoms with Crippen LogP contribution in [0.25, 0.3) is 0 Å². The van der Waals surface area contributed by atoms with Crippen molar-refractivity contribution in [3.63, 3.8) is 0 Å². The third-order valence-electron chi connectivity index (χ3n) is 5.97. The maximum atomic E-state index is 13.9. The summed E-state index contributed by atoms with van der Waals surface area (Å²) in [5.74, 6) is -0.572. The number of rotatable bonds is 6. The number of methoxy groups -OCH3 is 1. The normalized spacial score (nSPS) is 17.5. The molecule has 1 amide bonds. The second-order valence-electron chi connectivity index (χ2n) is 8.41. The van der Waals surface area contributed by atoms with E-state index in [4.69, 9.17) is 9.73 Å². The molecule has 0 bridgehead atoms. The number of ether oxygens (including phenoxy) is 1. The van der Waals surface area contributed by atoms with Gasteiger partial charge >= 0.3 is 5.97 Å². The lowest BCUT2D eigenvalue weighted by Crippen LogP contribution is -2.29. The second kappa shape index (κ2) is 11.0. The number of hydrogen-bond donors (Lipinski definition) is 1. The summed E-state index contributed by atoms with van der Waals surface area (Å²) < 4.78 is 4.74. The molecular weight excluding hydrogens is 518 g/mol. The van der Waals surface area contributed by atoms with Crippen LogP contribution in [0.1, 0.15) is 11.1 Å². The highest BCUT2D eigenvalue weighted by Gasteiger charge is 2.39. The van der Waals surface area contributed by atoms with Gasteiger partial charge in [0, 0.05) is 11.9 Å². The molecule has 1 N–H and O–H groups in total. The fourth-order valence-corrected chi connectivity index (χ4v) is 6.35. The molecule has 2 aliphatic rings. The Balaban J connectivity index is 1.57. The maximum absolute atomic E-state index is 13.9. The second-order valence-corrected chi connectivity index (χ2v) is 10.4. The first-order valence-corrected chi connectivity index (χ1v) is 13.3. The molecule has 1 fully saturated rings. The molecule has 2 aliphatic heterocycles. The first kappa shape index (κ1) is 25.4. The molecule has 0 saturated carbocycles. The fourth-order valence-electron chi connectivity index (χ4n) is 4.01. The van der Waals surface area contributed by atoms with Crippen LogP contribution in [0, 0.1) is 11.3 Å². The Bertz CT molecular complexity index is 1510. The number of para-hydroxylation sites is 1. The smallest absolute Gasteiger partial charge is 0.325 e. The zero-order chi connectivity index (χ0) is 26.6. The first-order chi connectivity index (χ1) is 18.5. The van der Waals surface area contributed by atoms with E-state index < -0.39 is 5.97 Å². The minimum Gasteiger partial charge on any atom is -0.468 e. The van der Waals surface area contributed by atoms with Gasteiger partial charge in [0.15, 0.2) is 5.17 Å². The Morgan fingerprint density at radius 1 is 1.08 bits per heavy atom. The molecular formula is C28H23N5O3S2. The molecule has 2 heterocycles. The summed E-state index contributed by atoms with van der Waals surface area (Å²) in [6.45, 7) is 0.279. The number of nitrogens with zero attached hydrogens (tertiary/aromatic N) is 4. The summed E-state index contributed by atoms with van der Waals surface area (Å²) >= 11 is 2.87. The lowest BCUT2D eigenvalue weighted by molar-refractivity contribution is -0.138. The van der Waals surface area contributed by atoms with Crippen LogP contribution in [0.2, 0.25) is 0 Å². The topological polar surface area (TPSA) is 98.0 Å². The van der Waals surface area contributed by atoms with Crippen molar-refractivity contribution in [2.24, 2.45) is 4.99 Å². The molecule has 1 saturated heterocycles. The minimum atomic E-state index is -0.433. The number of carbonyl (C=O) groups is 2. The van der Waals surface area contributed by atoms with Crippen molar-refractivity contribution in [2.45, 2.75) is 11.4 Å². The van der Waals surface area contributed by atoms with E-state index in [2.05, 4.69) is 11.4 Å². The van der Waals surface area contributed by atoms with Crippen LogP contribution >= 0.6 is 23.5 Å². The average Bonchev–Trinajstić information content (AvgIpc) is 3.44. The molecule has 3 aromatic carbocycles. The number of nitriles is 1.